The largest absolute Gasteiger partial charge is 0.497 e. The predicted molar refractivity (Wildman–Crippen MR) is 120 cm³/mol. The Morgan fingerprint density at radius 3 is 2.71 bits per heavy atom. The van der Waals surface area contributed by atoms with E-state index >= 15 is 0 Å². The van der Waals surface area contributed by atoms with Gasteiger partial charge >= 0.3 is 11.9 Å². The molecule has 1 saturated heterocycles. The number of carboxylic acids is 1. The normalized spacial score (nSPS) is 27.9. The first-order chi connectivity index (χ1) is 16.3. The van der Waals surface area contributed by atoms with E-state index < -0.39 is 30.6 Å². The molecule has 1 aromatic rings. The van der Waals surface area contributed by atoms with Crippen LogP contribution in [0, 0.1) is 0 Å². The molecule has 1 aliphatic carbocycles. The predicted octanol–water partition coefficient (Wildman–Crippen LogP) is 2.61. The van der Waals surface area contributed by atoms with Crippen molar-refractivity contribution in [1.82, 2.24) is 4.90 Å². The SMILES string of the molecule is COC1=CC23CCCN2CCc2cc4c(cc2[C@@H]3C1OC(=O)[C@@H](CC(=O)O)OC(C)C)OCO4. The number of esters is 1. The molecule has 4 atom stereocenters. The minimum absolute atomic E-state index is 0.184. The number of rotatable bonds is 7. The first-order valence-electron chi connectivity index (χ1n) is 11.8. The molecule has 1 spiro atoms. The number of methoxy groups -OCH3 is 1. The Balaban J connectivity index is 1.55. The first-order valence-corrected chi connectivity index (χ1v) is 11.8. The third-order valence-corrected chi connectivity index (χ3v) is 7.27. The van der Waals surface area contributed by atoms with Crippen LogP contribution < -0.4 is 9.47 Å². The van der Waals surface area contributed by atoms with Gasteiger partial charge < -0.3 is 28.8 Å². The molecule has 0 amide bonds. The van der Waals surface area contributed by atoms with Gasteiger partial charge in [0.05, 0.1) is 31.1 Å². The van der Waals surface area contributed by atoms with E-state index in [1.54, 1.807) is 21.0 Å². The van der Waals surface area contributed by atoms with Crippen molar-refractivity contribution in [3.8, 4) is 11.5 Å². The van der Waals surface area contributed by atoms with E-state index in [1.165, 1.54) is 0 Å². The van der Waals surface area contributed by atoms with Gasteiger partial charge in [0.25, 0.3) is 0 Å². The molecule has 34 heavy (non-hydrogen) atoms. The smallest absolute Gasteiger partial charge is 0.336 e. The molecule has 2 unspecified atom stereocenters. The van der Waals surface area contributed by atoms with Gasteiger partial charge in [-0.15, -0.1) is 0 Å². The molecule has 9 nitrogen and oxygen atoms in total. The van der Waals surface area contributed by atoms with Crippen LogP contribution in [0.4, 0.5) is 0 Å². The maximum Gasteiger partial charge on any atom is 0.336 e. The molecule has 9 heteroatoms. The fraction of sp³-hybridized carbons (Fsp3) is 0.600. The molecular weight excluding hydrogens is 442 g/mol. The number of ether oxygens (including phenoxy) is 5. The lowest BCUT2D eigenvalue weighted by atomic mass is 9.77. The number of fused-ring (bicyclic) bond motifs is 3. The number of carboxylic acid groups (broad SMARTS) is 1. The van der Waals surface area contributed by atoms with Gasteiger partial charge in [0.1, 0.15) is 5.76 Å². The molecule has 0 aromatic heterocycles. The summed E-state index contributed by atoms with van der Waals surface area (Å²) in [4.78, 5) is 27.1. The summed E-state index contributed by atoms with van der Waals surface area (Å²) in [5.74, 6) is -0.0455. The fourth-order valence-corrected chi connectivity index (χ4v) is 5.97. The Morgan fingerprint density at radius 2 is 2.00 bits per heavy atom. The zero-order valence-corrected chi connectivity index (χ0v) is 19.7. The molecule has 3 heterocycles. The number of carbonyl (C=O) groups is 2. The summed E-state index contributed by atoms with van der Waals surface area (Å²) >= 11 is 0. The van der Waals surface area contributed by atoms with E-state index in [-0.39, 0.29) is 24.4 Å². The van der Waals surface area contributed by atoms with E-state index in [0.29, 0.717) is 11.5 Å². The van der Waals surface area contributed by atoms with Crippen LogP contribution in [0.25, 0.3) is 0 Å². The molecule has 0 saturated carbocycles. The van der Waals surface area contributed by atoms with Gasteiger partial charge in [-0.1, -0.05) is 0 Å². The lowest BCUT2D eigenvalue weighted by Gasteiger charge is -2.39. The van der Waals surface area contributed by atoms with Crippen molar-refractivity contribution in [2.45, 2.75) is 69.3 Å². The van der Waals surface area contributed by atoms with Gasteiger partial charge in [0, 0.05) is 6.54 Å². The Labute approximate surface area is 198 Å². The molecule has 1 aromatic carbocycles. The molecule has 0 bridgehead atoms. The maximum absolute atomic E-state index is 13.2. The molecule has 3 aliphatic heterocycles. The summed E-state index contributed by atoms with van der Waals surface area (Å²) < 4.78 is 28.7. The van der Waals surface area contributed by atoms with Gasteiger partial charge in [0.2, 0.25) is 6.79 Å². The van der Waals surface area contributed by atoms with Crippen LogP contribution in [0.2, 0.25) is 0 Å². The summed E-state index contributed by atoms with van der Waals surface area (Å²) in [7, 11) is 1.58. The molecule has 1 fully saturated rings. The van der Waals surface area contributed by atoms with Crippen LogP contribution in [0.3, 0.4) is 0 Å². The van der Waals surface area contributed by atoms with Crippen molar-refractivity contribution in [3.05, 3.63) is 35.1 Å². The first kappa shape index (κ1) is 23.0. The highest BCUT2D eigenvalue weighted by Crippen LogP contribution is 2.55. The number of hydrogen-bond donors (Lipinski definition) is 1. The summed E-state index contributed by atoms with van der Waals surface area (Å²) in [5, 5.41) is 9.31. The zero-order chi connectivity index (χ0) is 24.0. The average molecular weight is 474 g/mol. The Hall–Kier alpha value is -2.78. The molecule has 1 N–H and O–H groups in total. The maximum atomic E-state index is 13.2. The standard InChI is InChI=1S/C25H31NO8/c1-14(2)33-19(11-21(27)28)24(29)34-23-20(30-3)12-25-6-4-7-26(25)8-5-15-9-17-18(32-13-31-17)10-16(15)22(23)25/h9-10,12,14,19,22-23H,4-8,11,13H2,1-3H3,(H,27,28)/t19-,22-,23?,25?/m1/s1. The van der Waals surface area contributed by atoms with E-state index in [2.05, 4.69) is 11.0 Å². The van der Waals surface area contributed by atoms with E-state index in [9.17, 15) is 14.7 Å². The van der Waals surface area contributed by atoms with Crippen LogP contribution in [0.5, 0.6) is 11.5 Å². The van der Waals surface area contributed by atoms with Crippen LogP contribution in [0.1, 0.15) is 50.2 Å². The minimum atomic E-state index is -1.20. The second kappa shape index (κ2) is 8.78. The number of nitrogens with zero attached hydrogens (tertiary/aromatic N) is 1. The molecule has 5 rings (SSSR count). The Kier molecular flexibility index (Phi) is 5.93. The number of benzene rings is 1. The Morgan fingerprint density at radius 1 is 1.24 bits per heavy atom. The lowest BCUT2D eigenvalue weighted by Crippen LogP contribution is -2.48. The van der Waals surface area contributed by atoms with Crippen LogP contribution in [0.15, 0.2) is 24.0 Å². The van der Waals surface area contributed by atoms with Gasteiger partial charge in [-0.3, -0.25) is 9.69 Å². The fourth-order valence-electron chi connectivity index (χ4n) is 5.97. The van der Waals surface area contributed by atoms with E-state index in [1.807, 2.05) is 12.1 Å². The summed E-state index contributed by atoms with van der Waals surface area (Å²) in [6, 6.07) is 4.05. The van der Waals surface area contributed by atoms with Gasteiger partial charge in [-0.05, 0) is 69.0 Å². The quantitative estimate of drug-likeness (QED) is 0.599. The summed E-state index contributed by atoms with van der Waals surface area (Å²) in [6.07, 6.45) is 2.20. The van der Waals surface area contributed by atoms with Crippen molar-refractivity contribution in [2.75, 3.05) is 27.0 Å². The molecular formula is C25H31NO8. The third-order valence-electron chi connectivity index (χ3n) is 7.27. The lowest BCUT2D eigenvalue weighted by molar-refractivity contribution is -0.170. The van der Waals surface area contributed by atoms with Crippen molar-refractivity contribution in [3.63, 3.8) is 0 Å². The van der Waals surface area contributed by atoms with Gasteiger partial charge in [0.15, 0.2) is 23.7 Å². The van der Waals surface area contributed by atoms with Crippen molar-refractivity contribution < 1.29 is 38.4 Å². The van der Waals surface area contributed by atoms with Crippen molar-refractivity contribution in [1.29, 1.82) is 0 Å². The molecule has 4 aliphatic rings. The monoisotopic (exact) mass is 473 g/mol. The summed E-state index contributed by atoms with van der Waals surface area (Å²) in [6.45, 7) is 5.52. The second-order valence-electron chi connectivity index (χ2n) is 9.59. The van der Waals surface area contributed by atoms with Crippen molar-refractivity contribution in [2.24, 2.45) is 0 Å². The molecule has 0 radical (unpaired) electrons. The summed E-state index contributed by atoms with van der Waals surface area (Å²) in [5.41, 5.74) is 1.83. The Bertz CT molecular complexity index is 1020. The molecule has 184 valence electrons. The topological polar surface area (TPSA) is 104 Å². The highest BCUT2D eigenvalue weighted by atomic mass is 16.7. The van der Waals surface area contributed by atoms with Crippen molar-refractivity contribution >= 4 is 11.9 Å². The zero-order valence-electron chi connectivity index (χ0n) is 19.7. The van der Waals surface area contributed by atoms with E-state index in [4.69, 9.17) is 23.7 Å². The third kappa shape index (κ3) is 3.80. The van der Waals surface area contributed by atoms with Crippen LogP contribution >= 0.6 is 0 Å². The average Bonchev–Trinajstić information content (AvgIpc) is 3.46. The van der Waals surface area contributed by atoms with Crippen LogP contribution in [-0.4, -0.2) is 72.8 Å². The number of aliphatic carboxylic acids is 1. The minimum Gasteiger partial charge on any atom is -0.497 e. The van der Waals surface area contributed by atoms with E-state index in [0.717, 1.165) is 49.2 Å². The highest BCUT2D eigenvalue weighted by Gasteiger charge is 2.58. The number of hydrogen-bond acceptors (Lipinski definition) is 8. The number of carbonyl (C=O) groups excluding carboxylic acids is 1. The van der Waals surface area contributed by atoms with Crippen LogP contribution in [-0.2, 0) is 30.2 Å². The highest BCUT2D eigenvalue weighted by molar-refractivity contribution is 5.81. The van der Waals surface area contributed by atoms with Gasteiger partial charge in [-0.2, -0.15) is 0 Å². The van der Waals surface area contributed by atoms with Gasteiger partial charge in [-0.25, -0.2) is 4.79 Å². The second-order valence-corrected chi connectivity index (χ2v) is 9.59.